The van der Waals surface area contributed by atoms with Crippen LogP contribution >= 0.6 is 0 Å². The number of nitrogens with zero attached hydrogens (tertiary/aromatic N) is 2. The van der Waals surface area contributed by atoms with Gasteiger partial charge in [-0.15, -0.1) is 0 Å². The minimum Gasteiger partial charge on any atom is -0.267 e. The smallest absolute Gasteiger partial charge is 0.267 e. The van der Waals surface area contributed by atoms with Crippen molar-refractivity contribution < 1.29 is 0 Å². The first kappa shape index (κ1) is 22.5. The van der Waals surface area contributed by atoms with Crippen LogP contribution in [0, 0.1) is 0 Å². The van der Waals surface area contributed by atoms with Gasteiger partial charge < -0.3 is 0 Å². The largest absolute Gasteiger partial charge is 0.277 e. The Kier molecular flexibility index (Phi) is 5.98. The molecule has 0 aliphatic carbocycles. The maximum Gasteiger partial charge on any atom is 0.277 e. The van der Waals surface area contributed by atoms with Crippen molar-refractivity contribution in [3.8, 4) is 11.4 Å². The van der Waals surface area contributed by atoms with E-state index in [-0.39, 0.29) is 22.2 Å². The molecule has 176 valence electrons. The Hall–Kier alpha value is -5.24. The Bertz CT molecular complexity index is 1780. The topological polar surface area (TPSA) is 110 Å². The van der Waals surface area contributed by atoms with Gasteiger partial charge in [-0.05, 0) is 48.5 Å². The molecule has 0 radical (unpaired) electrons. The second-order valence-corrected chi connectivity index (χ2v) is 7.93. The van der Waals surface area contributed by atoms with E-state index in [0.717, 1.165) is 0 Å². The second-order valence-electron chi connectivity index (χ2n) is 7.93. The van der Waals surface area contributed by atoms with Crippen LogP contribution in [0.25, 0.3) is 32.9 Å². The highest BCUT2D eigenvalue weighted by atomic mass is 16.2. The van der Waals surface area contributed by atoms with E-state index >= 15 is 0 Å². The zero-order chi connectivity index (χ0) is 25.1. The molecule has 0 aliphatic heterocycles. The summed E-state index contributed by atoms with van der Waals surface area (Å²) in [6.07, 6.45) is 0. The number of benzene rings is 4. The Balaban J connectivity index is 0.000000148. The highest BCUT2D eigenvalue weighted by Crippen LogP contribution is 2.07. The third kappa shape index (κ3) is 4.19. The van der Waals surface area contributed by atoms with Gasteiger partial charge in [0.25, 0.3) is 22.2 Å². The van der Waals surface area contributed by atoms with Crippen LogP contribution in [-0.4, -0.2) is 19.6 Å². The molecule has 0 unspecified atom stereocenters. The summed E-state index contributed by atoms with van der Waals surface area (Å²) in [6.45, 7) is 0. The third-order valence-corrected chi connectivity index (χ3v) is 5.67. The molecule has 6 aromatic rings. The van der Waals surface area contributed by atoms with Crippen molar-refractivity contribution in [3.63, 3.8) is 0 Å². The molecule has 0 atom stereocenters. The summed E-state index contributed by atoms with van der Waals surface area (Å²) < 4.78 is 2.54. The third-order valence-electron chi connectivity index (χ3n) is 5.67. The summed E-state index contributed by atoms with van der Waals surface area (Å²) in [7, 11) is 0. The molecule has 0 spiro atoms. The molecule has 0 bridgehead atoms. The van der Waals surface area contributed by atoms with Gasteiger partial charge in [-0.25, -0.2) is 9.36 Å². The van der Waals surface area contributed by atoms with Gasteiger partial charge in [0.1, 0.15) is 0 Å². The van der Waals surface area contributed by atoms with E-state index in [0.29, 0.717) is 32.9 Å². The molecule has 8 heteroatoms. The van der Waals surface area contributed by atoms with E-state index in [2.05, 4.69) is 10.2 Å². The lowest BCUT2D eigenvalue weighted by atomic mass is 10.2. The molecule has 0 saturated carbocycles. The van der Waals surface area contributed by atoms with Gasteiger partial charge in [0.2, 0.25) is 0 Å². The number of hydrogen-bond acceptors (Lipinski definition) is 4. The first-order valence-corrected chi connectivity index (χ1v) is 11.1. The minimum absolute atomic E-state index is 0.226. The highest BCUT2D eigenvalue weighted by Gasteiger charge is 2.08. The number of aromatic amines is 2. The quantitative estimate of drug-likeness (QED) is 0.399. The van der Waals surface area contributed by atoms with E-state index in [1.165, 1.54) is 9.36 Å². The molecule has 0 amide bonds. The van der Waals surface area contributed by atoms with Gasteiger partial charge in [0, 0.05) is 0 Å². The lowest BCUT2D eigenvalue weighted by molar-refractivity contribution is 0.802. The summed E-state index contributed by atoms with van der Waals surface area (Å²) in [5.74, 6) is 0. The van der Waals surface area contributed by atoms with Gasteiger partial charge >= 0.3 is 0 Å². The van der Waals surface area contributed by atoms with E-state index < -0.39 is 0 Å². The van der Waals surface area contributed by atoms with Gasteiger partial charge in [0.15, 0.2) is 0 Å². The van der Waals surface area contributed by atoms with Crippen molar-refractivity contribution in [2.24, 2.45) is 0 Å². The molecule has 0 saturated heterocycles. The monoisotopic (exact) mass is 476 g/mol. The normalized spacial score (nSPS) is 10.7. The van der Waals surface area contributed by atoms with Gasteiger partial charge in [0.05, 0.1) is 32.9 Å². The molecule has 36 heavy (non-hydrogen) atoms. The van der Waals surface area contributed by atoms with E-state index in [9.17, 15) is 19.2 Å². The number of H-pyrrole nitrogens is 2. The Morgan fingerprint density at radius 3 is 1.06 bits per heavy atom. The van der Waals surface area contributed by atoms with Crippen LogP contribution < -0.4 is 22.2 Å². The average Bonchev–Trinajstić information content (AvgIpc) is 2.94. The lowest BCUT2D eigenvalue weighted by Gasteiger charge is -2.06. The zero-order valence-corrected chi connectivity index (χ0v) is 18.9. The number of fused-ring (bicyclic) bond motifs is 2. The van der Waals surface area contributed by atoms with Crippen LogP contribution in [0.5, 0.6) is 0 Å². The molecule has 2 heterocycles. The molecular formula is C28H20N4O4. The van der Waals surface area contributed by atoms with Crippen LogP contribution in [0.3, 0.4) is 0 Å². The predicted octanol–water partition coefficient (Wildman–Crippen LogP) is 3.36. The molecule has 2 N–H and O–H groups in total. The lowest BCUT2D eigenvalue weighted by Crippen LogP contribution is -2.28. The number of hydrogen-bond donors (Lipinski definition) is 2. The summed E-state index contributed by atoms with van der Waals surface area (Å²) in [6, 6.07) is 31.6. The summed E-state index contributed by atoms with van der Waals surface area (Å²) in [5, 5.41) is 6.83. The molecule has 0 fully saturated rings. The highest BCUT2D eigenvalue weighted by molar-refractivity contribution is 5.81. The first-order chi connectivity index (χ1) is 17.5. The number of para-hydroxylation sites is 2. The second kappa shape index (κ2) is 9.55. The minimum atomic E-state index is -0.269. The van der Waals surface area contributed by atoms with Crippen LogP contribution in [-0.2, 0) is 0 Å². The summed E-state index contributed by atoms with van der Waals surface area (Å²) in [4.78, 5) is 48.4. The van der Waals surface area contributed by atoms with Gasteiger partial charge in [-0.1, -0.05) is 60.7 Å². The van der Waals surface area contributed by atoms with Gasteiger partial charge in [-0.2, -0.15) is 0 Å². The van der Waals surface area contributed by atoms with Crippen molar-refractivity contribution >= 4 is 21.5 Å². The van der Waals surface area contributed by atoms with Crippen molar-refractivity contribution in [2.75, 3.05) is 0 Å². The zero-order valence-electron chi connectivity index (χ0n) is 18.9. The standard InChI is InChI=1S/2C14H10N2O2/c2*17-13-11-8-4-5-9-12(11)14(18)16(15-13)10-6-2-1-3-7-10/h2*1-9H,(H,15,17). The maximum absolute atomic E-state index is 12.3. The van der Waals surface area contributed by atoms with Crippen LogP contribution in [0.4, 0.5) is 0 Å². The van der Waals surface area contributed by atoms with Crippen LogP contribution in [0.15, 0.2) is 128 Å². The molecule has 8 nitrogen and oxygen atoms in total. The van der Waals surface area contributed by atoms with Crippen molar-refractivity contribution in [2.45, 2.75) is 0 Å². The number of aromatic nitrogens is 4. The fourth-order valence-corrected chi connectivity index (χ4v) is 3.92. The number of rotatable bonds is 2. The molecule has 0 aliphatic rings. The molecular weight excluding hydrogens is 456 g/mol. The predicted molar refractivity (Wildman–Crippen MR) is 140 cm³/mol. The molecule has 6 rings (SSSR count). The van der Waals surface area contributed by atoms with Crippen molar-refractivity contribution in [1.29, 1.82) is 0 Å². The fraction of sp³-hybridized carbons (Fsp3) is 0. The summed E-state index contributed by atoms with van der Waals surface area (Å²) >= 11 is 0. The summed E-state index contributed by atoms with van der Waals surface area (Å²) in [5.41, 5.74) is 0.298. The van der Waals surface area contributed by atoms with Crippen molar-refractivity contribution in [1.82, 2.24) is 19.6 Å². The fourth-order valence-electron chi connectivity index (χ4n) is 3.92. The van der Waals surface area contributed by atoms with Crippen LogP contribution in [0.1, 0.15) is 0 Å². The molecule has 2 aromatic heterocycles. The Morgan fingerprint density at radius 2 is 0.694 bits per heavy atom. The average molecular weight is 476 g/mol. The van der Waals surface area contributed by atoms with Crippen LogP contribution in [0.2, 0.25) is 0 Å². The van der Waals surface area contributed by atoms with Crippen molar-refractivity contribution in [3.05, 3.63) is 151 Å². The first-order valence-electron chi connectivity index (χ1n) is 11.1. The SMILES string of the molecule is O=c1[nH]n(-c2ccccc2)c(=O)c2ccccc12.O=c1[nH]n(-c2ccccc2)c(=O)c2ccccc12. The van der Waals surface area contributed by atoms with Gasteiger partial charge in [-0.3, -0.25) is 29.4 Å². The van der Waals surface area contributed by atoms with E-state index in [1.54, 1.807) is 72.8 Å². The number of nitrogens with one attached hydrogen (secondary N) is 2. The Labute approximate surface area is 203 Å². The maximum atomic E-state index is 12.3. The molecule has 4 aromatic carbocycles. The Morgan fingerprint density at radius 1 is 0.389 bits per heavy atom. The van der Waals surface area contributed by atoms with E-state index in [1.807, 2.05) is 36.4 Å². The van der Waals surface area contributed by atoms with E-state index in [4.69, 9.17) is 0 Å².